The summed E-state index contributed by atoms with van der Waals surface area (Å²) in [5.41, 5.74) is 2.77. The van der Waals surface area contributed by atoms with E-state index in [0.29, 0.717) is 6.61 Å². The van der Waals surface area contributed by atoms with Crippen molar-refractivity contribution in [3.8, 4) is 0 Å². The number of piperidine rings is 1. The van der Waals surface area contributed by atoms with Crippen molar-refractivity contribution in [3.05, 3.63) is 35.4 Å². The molecule has 1 N–H and O–H groups in total. The van der Waals surface area contributed by atoms with E-state index in [9.17, 15) is 0 Å². The molecule has 1 aromatic rings. The van der Waals surface area contributed by atoms with Gasteiger partial charge in [0.05, 0.1) is 6.61 Å². The Morgan fingerprint density at radius 3 is 2.63 bits per heavy atom. The molecule has 1 fully saturated rings. The molecule has 2 rings (SSSR count). The molecule has 0 radical (unpaired) electrons. The molecule has 0 spiro atoms. The molecule has 1 aliphatic rings. The molecule has 0 saturated carbocycles. The smallest absolute Gasteiger partial charge is 0.0713 e. The van der Waals surface area contributed by atoms with E-state index in [-0.39, 0.29) is 0 Å². The van der Waals surface area contributed by atoms with Gasteiger partial charge in [0, 0.05) is 7.11 Å². The highest BCUT2D eigenvalue weighted by Gasteiger charge is 2.26. The summed E-state index contributed by atoms with van der Waals surface area (Å²) in [7, 11) is 1.75. The molecule has 1 aliphatic heterocycles. The van der Waals surface area contributed by atoms with Gasteiger partial charge in [0.1, 0.15) is 0 Å². The van der Waals surface area contributed by atoms with Crippen LogP contribution in [-0.4, -0.2) is 20.2 Å². The highest BCUT2D eigenvalue weighted by Crippen LogP contribution is 2.34. The molecule has 0 bridgehead atoms. The van der Waals surface area contributed by atoms with Crippen molar-refractivity contribution in [2.24, 2.45) is 11.8 Å². The highest BCUT2D eigenvalue weighted by molar-refractivity contribution is 5.26. The van der Waals surface area contributed by atoms with E-state index in [2.05, 4.69) is 43.4 Å². The van der Waals surface area contributed by atoms with Crippen LogP contribution in [0.3, 0.4) is 0 Å². The third kappa shape index (κ3) is 4.05. The van der Waals surface area contributed by atoms with E-state index in [4.69, 9.17) is 4.74 Å². The number of nitrogens with one attached hydrogen (secondary N) is 1. The lowest BCUT2D eigenvalue weighted by molar-refractivity contribution is 0.185. The van der Waals surface area contributed by atoms with E-state index in [1.165, 1.54) is 30.5 Å². The van der Waals surface area contributed by atoms with Gasteiger partial charge in [-0.15, -0.1) is 0 Å². The number of rotatable bonds is 5. The largest absolute Gasteiger partial charge is 0.380 e. The van der Waals surface area contributed by atoms with Gasteiger partial charge >= 0.3 is 0 Å². The van der Waals surface area contributed by atoms with Crippen molar-refractivity contribution in [1.82, 2.24) is 5.32 Å². The SMILES string of the molecule is COCc1ccc(C2CCNCC2CC(C)C)cc1. The number of methoxy groups -OCH3 is 1. The number of hydrogen-bond donors (Lipinski definition) is 1. The molecule has 19 heavy (non-hydrogen) atoms. The summed E-state index contributed by atoms with van der Waals surface area (Å²) in [4.78, 5) is 0. The van der Waals surface area contributed by atoms with Crippen molar-refractivity contribution in [3.63, 3.8) is 0 Å². The van der Waals surface area contributed by atoms with Gasteiger partial charge in [0.2, 0.25) is 0 Å². The first kappa shape index (κ1) is 14.5. The van der Waals surface area contributed by atoms with E-state index < -0.39 is 0 Å². The molecule has 0 aromatic heterocycles. The third-order valence-corrected chi connectivity index (χ3v) is 4.10. The van der Waals surface area contributed by atoms with Crippen molar-refractivity contribution in [2.45, 2.75) is 39.2 Å². The van der Waals surface area contributed by atoms with Crippen LogP contribution in [0.25, 0.3) is 0 Å². The van der Waals surface area contributed by atoms with Gasteiger partial charge in [-0.05, 0) is 54.8 Å². The minimum absolute atomic E-state index is 0.710. The van der Waals surface area contributed by atoms with Gasteiger partial charge < -0.3 is 10.1 Å². The monoisotopic (exact) mass is 261 g/mol. The zero-order valence-corrected chi connectivity index (χ0v) is 12.5. The fraction of sp³-hybridized carbons (Fsp3) is 0.647. The molecule has 106 valence electrons. The van der Waals surface area contributed by atoms with Crippen molar-refractivity contribution >= 4 is 0 Å². The molecule has 1 saturated heterocycles. The summed E-state index contributed by atoms with van der Waals surface area (Å²) in [5.74, 6) is 2.28. The van der Waals surface area contributed by atoms with E-state index >= 15 is 0 Å². The van der Waals surface area contributed by atoms with Crippen LogP contribution < -0.4 is 5.32 Å². The summed E-state index contributed by atoms with van der Waals surface area (Å²) in [6.45, 7) is 7.68. The summed E-state index contributed by atoms with van der Waals surface area (Å²) < 4.78 is 5.18. The van der Waals surface area contributed by atoms with Crippen LogP contribution in [0.5, 0.6) is 0 Å². The molecular formula is C17H27NO. The topological polar surface area (TPSA) is 21.3 Å². The first-order valence-corrected chi connectivity index (χ1v) is 7.49. The first-order valence-electron chi connectivity index (χ1n) is 7.49. The Bertz CT molecular complexity index is 371. The minimum atomic E-state index is 0.710. The standard InChI is InChI=1S/C17H27NO/c1-13(2)10-16-11-18-9-8-17(16)15-6-4-14(5-7-15)12-19-3/h4-7,13,16-18H,8-12H2,1-3H3. The maximum absolute atomic E-state index is 5.18. The molecule has 2 nitrogen and oxygen atoms in total. The second kappa shape index (κ2) is 7.06. The normalized spacial score (nSPS) is 23.8. The van der Waals surface area contributed by atoms with Gasteiger partial charge in [0.15, 0.2) is 0 Å². The Balaban J connectivity index is 2.08. The second-order valence-corrected chi connectivity index (χ2v) is 6.16. The second-order valence-electron chi connectivity index (χ2n) is 6.16. The minimum Gasteiger partial charge on any atom is -0.380 e. The molecule has 2 atom stereocenters. The predicted octanol–water partition coefficient (Wildman–Crippen LogP) is 3.57. The average molecular weight is 261 g/mol. The van der Waals surface area contributed by atoms with Crippen molar-refractivity contribution in [1.29, 1.82) is 0 Å². The quantitative estimate of drug-likeness (QED) is 0.875. The highest BCUT2D eigenvalue weighted by atomic mass is 16.5. The van der Waals surface area contributed by atoms with Crippen LogP contribution in [0, 0.1) is 11.8 Å². The lowest BCUT2D eigenvalue weighted by Crippen LogP contribution is -2.36. The lowest BCUT2D eigenvalue weighted by atomic mass is 9.77. The van der Waals surface area contributed by atoms with Crippen LogP contribution >= 0.6 is 0 Å². The Kier molecular flexibility index (Phi) is 5.41. The Morgan fingerprint density at radius 1 is 1.26 bits per heavy atom. The van der Waals surface area contributed by atoms with Crippen LogP contribution in [0.1, 0.15) is 43.7 Å². The zero-order valence-electron chi connectivity index (χ0n) is 12.5. The van der Waals surface area contributed by atoms with Gasteiger partial charge in [0.25, 0.3) is 0 Å². The zero-order chi connectivity index (χ0) is 13.7. The Morgan fingerprint density at radius 2 is 2.00 bits per heavy atom. The molecule has 0 amide bonds. The average Bonchev–Trinajstić information content (AvgIpc) is 2.40. The number of benzene rings is 1. The molecule has 1 aromatic carbocycles. The predicted molar refractivity (Wildman–Crippen MR) is 80.3 cm³/mol. The maximum Gasteiger partial charge on any atom is 0.0713 e. The van der Waals surface area contributed by atoms with Crippen molar-refractivity contribution in [2.75, 3.05) is 20.2 Å². The summed E-state index contributed by atoms with van der Waals surface area (Å²) in [6.07, 6.45) is 2.58. The van der Waals surface area contributed by atoms with Crippen LogP contribution in [-0.2, 0) is 11.3 Å². The van der Waals surface area contributed by atoms with Crippen LogP contribution in [0.4, 0.5) is 0 Å². The third-order valence-electron chi connectivity index (χ3n) is 4.10. The molecule has 0 aliphatic carbocycles. The summed E-state index contributed by atoms with van der Waals surface area (Å²) in [5, 5.41) is 3.55. The molecule has 2 unspecified atom stereocenters. The molecule has 2 heteroatoms. The van der Waals surface area contributed by atoms with Gasteiger partial charge in [-0.2, -0.15) is 0 Å². The van der Waals surface area contributed by atoms with Gasteiger partial charge in [-0.3, -0.25) is 0 Å². The summed E-state index contributed by atoms with van der Waals surface area (Å²) in [6, 6.07) is 9.04. The lowest BCUT2D eigenvalue weighted by Gasteiger charge is -2.33. The van der Waals surface area contributed by atoms with E-state index in [1.807, 2.05) is 0 Å². The fourth-order valence-corrected chi connectivity index (χ4v) is 3.24. The van der Waals surface area contributed by atoms with E-state index in [0.717, 1.165) is 24.3 Å². The van der Waals surface area contributed by atoms with Crippen LogP contribution in [0.2, 0.25) is 0 Å². The maximum atomic E-state index is 5.18. The Hall–Kier alpha value is -0.860. The van der Waals surface area contributed by atoms with Gasteiger partial charge in [-0.1, -0.05) is 38.1 Å². The van der Waals surface area contributed by atoms with Crippen LogP contribution in [0.15, 0.2) is 24.3 Å². The Labute approximate surface area is 117 Å². The van der Waals surface area contributed by atoms with Gasteiger partial charge in [-0.25, -0.2) is 0 Å². The molecule has 1 heterocycles. The van der Waals surface area contributed by atoms with Crippen molar-refractivity contribution < 1.29 is 4.74 Å². The number of ether oxygens (including phenoxy) is 1. The number of hydrogen-bond acceptors (Lipinski definition) is 2. The fourth-order valence-electron chi connectivity index (χ4n) is 3.24. The summed E-state index contributed by atoms with van der Waals surface area (Å²) >= 11 is 0. The first-order chi connectivity index (χ1) is 9.20. The van der Waals surface area contributed by atoms with E-state index in [1.54, 1.807) is 7.11 Å². The molecular weight excluding hydrogens is 234 g/mol.